The molecular weight excluding hydrogens is 400 g/mol. The number of carbonyl (C=O) groups is 2. The first-order valence-corrected chi connectivity index (χ1v) is 8.97. The van der Waals surface area contributed by atoms with Crippen molar-refractivity contribution in [2.75, 3.05) is 20.0 Å². The van der Waals surface area contributed by atoms with Crippen molar-refractivity contribution < 1.29 is 24.2 Å². The first kappa shape index (κ1) is 24.7. The smallest absolute Gasteiger partial charge is 0.300 e. The summed E-state index contributed by atoms with van der Waals surface area (Å²) in [5.41, 5.74) is 8.32. The van der Waals surface area contributed by atoms with Gasteiger partial charge in [0.25, 0.3) is 5.97 Å². The maximum absolute atomic E-state index is 10.4. The number of carboxylic acid groups (broad SMARTS) is 1. The predicted molar refractivity (Wildman–Crippen MR) is 116 cm³/mol. The maximum Gasteiger partial charge on any atom is 0.300 e. The van der Waals surface area contributed by atoms with E-state index >= 15 is 0 Å². The zero-order chi connectivity index (χ0) is 23.2. The number of aromatic amines is 1. The molecule has 0 saturated carbocycles. The fourth-order valence-electron chi connectivity index (χ4n) is 2.29. The molecule has 0 saturated heterocycles. The molecule has 1 aromatic heterocycles. The Hall–Kier alpha value is -4.32. The number of carbonyl (C=O) groups excluding carboxylic acids is 1. The van der Waals surface area contributed by atoms with Crippen LogP contribution in [-0.4, -0.2) is 41.8 Å². The second kappa shape index (κ2) is 13.0. The van der Waals surface area contributed by atoms with Crippen LogP contribution in [0.4, 0.5) is 5.82 Å². The Balaban J connectivity index is 0.000000266. The lowest BCUT2D eigenvalue weighted by Crippen LogP contribution is -1.96. The topological polar surface area (TPSA) is 151 Å². The van der Waals surface area contributed by atoms with Gasteiger partial charge >= 0.3 is 0 Å². The van der Waals surface area contributed by atoms with Crippen LogP contribution in [0.15, 0.2) is 54.7 Å². The molecule has 9 nitrogen and oxygen atoms in total. The molecule has 0 radical (unpaired) electrons. The summed E-state index contributed by atoms with van der Waals surface area (Å²) in [7, 11) is 3.21. The summed E-state index contributed by atoms with van der Waals surface area (Å²) < 4.78 is 10.0. The van der Waals surface area contributed by atoms with Gasteiger partial charge in [-0.3, -0.25) is 9.89 Å². The number of H-pyrrole nitrogens is 1. The van der Waals surface area contributed by atoms with Gasteiger partial charge in [0.15, 0.2) is 0 Å². The van der Waals surface area contributed by atoms with E-state index in [2.05, 4.69) is 10.2 Å². The first-order valence-electron chi connectivity index (χ1n) is 8.97. The molecule has 3 rings (SSSR count). The van der Waals surface area contributed by atoms with E-state index in [4.69, 9.17) is 30.4 Å². The summed E-state index contributed by atoms with van der Waals surface area (Å²) in [6.45, 7) is 1.08. The third-order valence-corrected chi connectivity index (χ3v) is 3.82. The van der Waals surface area contributed by atoms with Gasteiger partial charge < -0.3 is 25.1 Å². The van der Waals surface area contributed by atoms with Crippen LogP contribution >= 0.6 is 0 Å². The third kappa shape index (κ3) is 8.29. The number of hydrogen-bond acceptors (Lipinski definition) is 7. The second-order valence-corrected chi connectivity index (χ2v) is 5.96. The van der Waals surface area contributed by atoms with Gasteiger partial charge in [-0.15, -0.1) is 0 Å². The van der Waals surface area contributed by atoms with Gasteiger partial charge in [0, 0.05) is 12.5 Å². The van der Waals surface area contributed by atoms with Crippen LogP contribution in [0.1, 0.15) is 18.4 Å². The average molecular weight is 424 g/mol. The number of nitrogens with one attached hydrogen (secondary N) is 1. The van der Waals surface area contributed by atoms with E-state index in [0.717, 1.165) is 23.8 Å². The lowest BCUT2D eigenvalue weighted by Gasteiger charge is -2.02. The van der Waals surface area contributed by atoms with Gasteiger partial charge in [0.2, 0.25) is 0 Å². The Labute approximate surface area is 180 Å². The number of nitrogen functional groups attached to an aromatic ring is 1. The van der Waals surface area contributed by atoms with Crippen molar-refractivity contribution in [3.63, 3.8) is 0 Å². The Bertz CT molecular complexity index is 988. The van der Waals surface area contributed by atoms with Crippen LogP contribution in [-0.2, 0) is 9.59 Å². The Morgan fingerprint density at radius 2 is 1.61 bits per heavy atom. The summed E-state index contributed by atoms with van der Waals surface area (Å²) in [6, 6.07) is 16.4. The molecule has 162 valence electrons. The number of methoxy groups -OCH3 is 2. The van der Waals surface area contributed by atoms with E-state index < -0.39 is 11.9 Å². The maximum atomic E-state index is 10.4. The highest BCUT2D eigenvalue weighted by molar-refractivity contribution is 5.73. The zero-order valence-corrected chi connectivity index (χ0v) is 17.4. The number of anilines is 1. The number of aliphatic carboxylic acids is 1. The van der Waals surface area contributed by atoms with Gasteiger partial charge in [-0.05, 0) is 35.4 Å². The highest BCUT2D eigenvalue weighted by Crippen LogP contribution is 2.25. The van der Waals surface area contributed by atoms with Crippen LogP contribution in [0.25, 0.3) is 11.1 Å². The molecule has 3 aromatic rings. The number of ether oxygens (including phenoxy) is 2. The molecule has 1 atom stereocenters. The minimum atomic E-state index is -0.833. The van der Waals surface area contributed by atoms with Crippen LogP contribution in [0.3, 0.4) is 0 Å². The van der Waals surface area contributed by atoms with Crippen molar-refractivity contribution in [2.24, 2.45) is 0 Å². The number of aldehydes is 1. The zero-order valence-electron chi connectivity index (χ0n) is 17.4. The molecule has 0 amide bonds. The van der Waals surface area contributed by atoms with Crippen molar-refractivity contribution in [1.82, 2.24) is 10.2 Å². The Kier molecular flexibility index (Phi) is 10.4. The molecular formula is C22H24N4O5. The molecule has 1 unspecified atom stereocenters. The molecule has 0 aliphatic carbocycles. The number of nitrogens with two attached hydrogens (primary N) is 1. The summed E-state index contributed by atoms with van der Waals surface area (Å²) >= 11 is 0. The normalized spacial score (nSPS) is 10.1. The first-order chi connectivity index (χ1) is 14.9. The van der Waals surface area contributed by atoms with Crippen LogP contribution in [0, 0.1) is 11.3 Å². The fraction of sp³-hybridized carbons (Fsp3) is 0.182. The van der Waals surface area contributed by atoms with E-state index in [1.54, 1.807) is 44.7 Å². The molecule has 2 aromatic carbocycles. The number of nitrogens with zero attached hydrogens (tertiary/aromatic N) is 2. The number of aromatic nitrogens is 2. The summed E-state index contributed by atoms with van der Waals surface area (Å²) in [6.07, 6.45) is 2.33. The third-order valence-electron chi connectivity index (χ3n) is 3.82. The highest BCUT2D eigenvalue weighted by atomic mass is 16.5. The second-order valence-electron chi connectivity index (χ2n) is 5.96. The van der Waals surface area contributed by atoms with Crippen LogP contribution in [0.5, 0.6) is 11.5 Å². The molecule has 1 heterocycles. The quantitative estimate of drug-likeness (QED) is 0.528. The van der Waals surface area contributed by atoms with E-state index in [-0.39, 0.29) is 0 Å². The largest absolute Gasteiger partial charge is 0.497 e. The number of rotatable bonds is 5. The lowest BCUT2D eigenvalue weighted by molar-refractivity contribution is -0.134. The Morgan fingerprint density at radius 3 is 1.97 bits per heavy atom. The minimum Gasteiger partial charge on any atom is -0.497 e. The summed E-state index contributed by atoms with van der Waals surface area (Å²) in [5, 5.41) is 22.6. The van der Waals surface area contributed by atoms with E-state index in [0.29, 0.717) is 23.4 Å². The monoisotopic (exact) mass is 424 g/mol. The molecule has 0 fully saturated rings. The van der Waals surface area contributed by atoms with E-state index in [9.17, 15) is 4.79 Å². The van der Waals surface area contributed by atoms with Crippen molar-refractivity contribution in [3.05, 3.63) is 60.3 Å². The fourth-order valence-corrected chi connectivity index (χ4v) is 2.29. The summed E-state index contributed by atoms with van der Waals surface area (Å²) in [4.78, 5) is 19.4. The van der Waals surface area contributed by atoms with Crippen molar-refractivity contribution in [3.8, 4) is 28.7 Å². The average Bonchev–Trinajstić information content (AvgIpc) is 3.21. The molecule has 31 heavy (non-hydrogen) atoms. The molecule has 4 N–H and O–H groups in total. The molecule has 0 spiro atoms. The number of nitriles is 1. The van der Waals surface area contributed by atoms with Crippen molar-refractivity contribution in [2.45, 2.75) is 12.8 Å². The van der Waals surface area contributed by atoms with Gasteiger partial charge in [-0.2, -0.15) is 10.4 Å². The molecule has 9 heteroatoms. The summed E-state index contributed by atoms with van der Waals surface area (Å²) in [5.74, 6) is 0.614. The van der Waals surface area contributed by atoms with E-state index in [1.165, 1.54) is 0 Å². The minimum absolute atomic E-state index is 0.579. The standard InChI is InChI=1S/C10H11N3O.C10H9NO2.C2H4O2/c1-14-8-4-2-7(3-5-8)9-6-12-13-10(9)11;1-13-10-4-2-8(3-5-10)9(6-11)7-12;1-2(3)4/h2-6H,1H3,(H3,11,12,13);2-5,7,9H,1H3;1H3,(H,3,4). The van der Waals surface area contributed by atoms with E-state index in [1.807, 2.05) is 30.3 Å². The van der Waals surface area contributed by atoms with Gasteiger partial charge in [0.05, 0.1) is 26.5 Å². The van der Waals surface area contributed by atoms with Gasteiger partial charge in [0.1, 0.15) is 29.5 Å². The van der Waals surface area contributed by atoms with Gasteiger partial charge in [-0.1, -0.05) is 24.3 Å². The van der Waals surface area contributed by atoms with Gasteiger partial charge in [-0.25, -0.2) is 0 Å². The number of benzene rings is 2. The van der Waals surface area contributed by atoms with Crippen molar-refractivity contribution >= 4 is 18.1 Å². The highest BCUT2D eigenvalue weighted by Gasteiger charge is 2.07. The SMILES string of the molecule is CC(=O)O.COc1ccc(-c2cn[nH]c2N)cc1.COc1ccc(C(C#N)C=O)cc1. The molecule has 0 bridgehead atoms. The Morgan fingerprint density at radius 1 is 1.13 bits per heavy atom. The van der Waals surface area contributed by atoms with Crippen LogP contribution < -0.4 is 15.2 Å². The van der Waals surface area contributed by atoms with Crippen LogP contribution in [0.2, 0.25) is 0 Å². The number of hydrogen-bond donors (Lipinski definition) is 3. The lowest BCUT2D eigenvalue weighted by atomic mass is 10.0. The predicted octanol–water partition coefficient (Wildman–Crippen LogP) is 3.26. The molecule has 0 aliphatic rings. The number of carboxylic acids is 1. The molecule has 0 aliphatic heterocycles. The van der Waals surface area contributed by atoms with Crippen molar-refractivity contribution in [1.29, 1.82) is 5.26 Å².